The number of benzene rings is 1. The van der Waals surface area contributed by atoms with E-state index in [4.69, 9.17) is 22.3 Å². The second-order valence-electron chi connectivity index (χ2n) is 7.87. The molecule has 3 aromatic heterocycles. The smallest absolute Gasteiger partial charge is 0.267 e. The lowest BCUT2D eigenvalue weighted by Crippen LogP contribution is -2.35. The minimum atomic E-state index is -0.335. The molecule has 0 amide bonds. The van der Waals surface area contributed by atoms with Crippen LogP contribution in [0, 0.1) is 11.3 Å². The molecule has 1 aromatic carbocycles. The fraction of sp³-hybridized carbons (Fsp3) is 0.217. The zero-order chi connectivity index (χ0) is 23.1. The number of aromatic nitrogens is 5. The van der Waals surface area contributed by atoms with Crippen LogP contribution in [-0.2, 0) is 0 Å². The van der Waals surface area contributed by atoms with Crippen molar-refractivity contribution in [2.75, 3.05) is 10.6 Å². The fourth-order valence-electron chi connectivity index (χ4n) is 4.45. The molecule has 0 aliphatic carbocycles. The molecule has 2 atom stereocenters. The molecule has 2 N–H and O–H groups in total. The van der Waals surface area contributed by atoms with Gasteiger partial charge < -0.3 is 10.6 Å². The van der Waals surface area contributed by atoms with Crippen LogP contribution < -0.4 is 16.2 Å². The van der Waals surface area contributed by atoms with Crippen LogP contribution in [0.4, 0.5) is 11.6 Å². The number of pyridine rings is 1. The molecular formula is C23H19ClN8O. The number of halogens is 1. The molecule has 1 aliphatic heterocycles. The van der Waals surface area contributed by atoms with Crippen molar-refractivity contribution in [1.82, 2.24) is 24.5 Å². The van der Waals surface area contributed by atoms with E-state index in [1.54, 1.807) is 47.3 Å². The largest absolute Gasteiger partial charge is 0.382 e. The van der Waals surface area contributed by atoms with Crippen molar-refractivity contribution in [2.24, 2.45) is 0 Å². The highest BCUT2D eigenvalue weighted by Gasteiger charge is 2.38. The molecule has 1 aliphatic rings. The number of hydrogen-bond donors (Lipinski definition) is 1. The van der Waals surface area contributed by atoms with Crippen LogP contribution in [0.2, 0.25) is 5.02 Å². The third kappa shape index (κ3) is 3.36. The Hall–Kier alpha value is -4.03. The van der Waals surface area contributed by atoms with Gasteiger partial charge in [0, 0.05) is 12.2 Å². The van der Waals surface area contributed by atoms with Gasteiger partial charge in [-0.25, -0.2) is 15.0 Å². The highest BCUT2D eigenvalue weighted by Crippen LogP contribution is 2.40. The molecule has 0 bridgehead atoms. The molecular weight excluding hydrogens is 440 g/mol. The van der Waals surface area contributed by atoms with Crippen LogP contribution in [0.5, 0.6) is 0 Å². The summed E-state index contributed by atoms with van der Waals surface area (Å²) >= 11 is 6.39. The topological polar surface area (TPSA) is 127 Å². The van der Waals surface area contributed by atoms with E-state index in [-0.39, 0.29) is 29.0 Å². The normalized spacial score (nSPS) is 17.9. The average molecular weight is 459 g/mol. The van der Waals surface area contributed by atoms with E-state index >= 15 is 0 Å². The Morgan fingerprint density at radius 1 is 1.21 bits per heavy atom. The second kappa shape index (κ2) is 8.15. The van der Waals surface area contributed by atoms with Crippen molar-refractivity contribution in [3.8, 4) is 11.8 Å². The highest BCUT2D eigenvalue weighted by molar-refractivity contribution is 6.35. The molecule has 1 saturated heterocycles. The number of nitrogen functional groups attached to an aromatic ring is 1. The summed E-state index contributed by atoms with van der Waals surface area (Å²) in [6.07, 6.45) is 6.11. The first kappa shape index (κ1) is 20.8. The van der Waals surface area contributed by atoms with Crippen LogP contribution in [0.1, 0.15) is 37.2 Å². The van der Waals surface area contributed by atoms with E-state index < -0.39 is 0 Å². The maximum Gasteiger partial charge on any atom is 0.267 e. The molecule has 4 aromatic rings. The van der Waals surface area contributed by atoms with Gasteiger partial charge in [0.2, 0.25) is 0 Å². The van der Waals surface area contributed by atoms with Crippen LogP contribution in [-0.4, -0.2) is 30.5 Å². The van der Waals surface area contributed by atoms with Crippen molar-refractivity contribution in [3.63, 3.8) is 0 Å². The minimum Gasteiger partial charge on any atom is -0.382 e. The lowest BCUT2D eigenvalue weighted by molar-refractivity contribution is 0.614. The molecule has 10 heteroatoms. The summed E-state index contributed by atoms with van der Waals surface area (Å²) in [7, 11) is 0. The van der Waals surface area contributed by atoms with Crippen molar-refractivity contribution in [1.29, 1.82) is 5.26 Å². The highest BCUT2D eigenvalue weighted by atomic mass is 35.5. The molecule has 0 spiro atoms. The van der Waals surface area contributed by atoms with E-state index in [0.29, 0.717) is 39.7 Å². The van der Waals surface area contributed by atoms with Crippen LogP contribution in [0.15, 0.2) is 53.8 Å². The monoisotopic (exact) mass is 458 g/mol. The van der Waals surface area contributed by atoms with E-state index in [9.17, 15) is 10.1 Å². The first-order valence-corrected chi connectivity index (χ1v) is 10.8. The second-order valence-corrected chi connectivity index (χ2v) is 8.28. The number of anilines is 2. The lowest BCUT2D eigenvalue weighted by Gasteiger charge is -2.31. The molecule has 0 radical (unpaired) electrons. The van der Waals surface area contributed by atoms with Crippen molar-refractivity contribution in [2.45, 2.75) is 31.8 Å². The molecule has 33 heavy (non-hydrogen) atoms. The Bertz CT molecular complexity index is 1460. The minimum absolute atomic E-state index is 0.0331. The van der Waals surface area contributed by atoms with Gasteiger partial charge in [0.25, 0.3) is 5.56 Å². The summed E-state index contributed by atoms with van der Waals surface area (Å²) < 4.78 is 1.55. The Labute approximate surface area is 194 Å². The number of fused-ring (bicyclic) bond motifs is 1. The molecule has 0 unspecified atom stereocenters. The molecule has 1 fully saturated rings. The Morgan fingerprint density at radius 2 is 2.06 bits per heavy atom. The van der Waals surface area contributed by atoms with E-state index in [1.807, 2.05) is 11.8 Å². The molecule has 4 heterocycles. The van der Waals surface area contributed by atoms with Gasteiger partial charge in [-0.1, -0.05) is 17.7 Å². The first-order valence-electron chi connectivity index (χ1n) is 10.4. The summed E-state index contributed by atoms with van der Waals surface area (Å²) in [4.78, 5) is 33.2. The quantitative estimate of drug-likeness (QED) is 0.494. The Balaban J connectivity index is 1.80. The Kier molecular flexibility index (Phi) is 5.15. The van der Waals surface area contributed by atoms with Gasteiger partial charge in [-0.3, -0.25) is 14.3 Å². The Morgan fingerprint density at radius 3 is 2.82 bits per heavy atom. The lowest BCUT2D eigenvalue weighted by atomic mass is 10.1. The van der Waals surface area contributed by atoms with E-state index in [2.05, 4.69) is 21.0 Å². The predicted molar refractivity (Wildman–Crippen MR) is 125 cm³/mol. The van der Waals surface area contributed by atoms with Crippen molar-refractivity contribution >= 4 is 34.1 Å². The first-order chi connectivity index (χ1) is 16.0. The molecule has 9 nitrogen and oxygen atoms in total. The van der Waals surface area contributed by atoms with Gasteiger partial charge in [0.1, 0.15) is 29.6 Å². The van der Waals surface area contributed by atoms with Gasteiger partial charge in [0.15, 0.2) is 5.82 Å². The summed E-state index contributed by atoms with van der Waals surface area (Å²) in [5.74, 6) is 1.06. The number of nitrogens with two attached hydrogens (primary N) is 1. The zero-order valence-electron chi connectivity index (χ0n) is 17.7. The maximum absolute atomic E-state index is 13.7. The summed E-state index contributed by atoms with van der Waals surface area (Å²) in [6.45, 7) is 2.05. The SMILES string of the molecule is C[C@H]1CC[C@@H](c2nc3cccc(Cl)c3c(=O)n2-c2cccnc2)N1c1ncnc(N)c1C#N. The van der Waals surface area contributed by atoms with Gasteiger partial charge in [-0.05, 0) is 44.0 Å². The molecule has 0 saturated carbocycles. The average Bonchev–Trinajstić information content (AvgIpc) is 3.20. The van der Waals surface area contributed by atoms with Crippen molar-refractivity contribution < 1.29 is 0 Å². The van der Waals surface area contributed by atoms with Gasteiger partial charge in [-0.2, -0.15) is 5.26 Å². The summed E-state index contributed by atoms with van der Waals surface area (Å²) in [5.41, 5.74) is 6.98. The van der Waals surface area contributed by atoms with Crippen LogP contribution in [0.3, 0.4) is 0 Å². The molecule has 164 valence electrons. The number of rotatable bonds is 3. The van der Waals surface area contributed by atoms with Crippen LogP contribution in [0.25, 0.3) is 16.6 Å². The fourth-order valence-corrected chi connectivity index (χ4v) is 4.70. The number of nitrogens with zero attached hydrogens (tertiary/aromatic N) is 7. The van der Waals surface area contributed by atoms with Gasteiger partial charge in [0.05, 0.1) is 33.9 Å². The number of hydrogen-bond acceptors (Lipinski definition) is 8. The standard InChI is InChI=1S/C23H19ClN8O/c1-13-7-8-18(31(13)21-15(10-25)20(26)28-12-29-21)22-30-17-6-2-5-16(24)19(17)23(33)32(22)14-4-3-9-27-11-14/h2-6,9,11-13,18H,7-8H2,1H3,(H2,26,28,29)/t13-,18-/m0/s1. The predicted octanol–water partition coefficient (Wildman–Crippen LogP) is 3.41. The van der Waals surface area contributed by atoms with E-state index in [0.717, 1.165) is 6.42 Å². The third-order valence-corrected chi connectivity index (χ3v) is 6.27. The van der Waals surface area contributed by atoms with Crippen molar-refractivity contribution in [3.05, 3.63) is 75.8 Å². The van der Waals surface area contributed by atoms with Gasteiger partial charge in [-0.15, -0.1) is 0 Å². The number of nitriles is 1. The molecule has 5 rings (SSSR count). The maximum atomic E-state index is 13.7. The van der Waals surface area contributed by atoms with E-state index in [1.165, 1.54) is 6.33 Å². The third-order valence-electron chi connectivity index (χ3n) is 5.96. The summed E-state index contributed by atoms with van der Waals surface area (Å²) in [5, 5.41) is 10.4. The van der Waals surface area contributed by atoms with Crippen LogP contribution >= 0.6 is 11.6 Å². The summed E-state index contributed by atoms with van der Waals surface area (Å²) in [6, 6.07) is 10.6. The zero-order valence-corrected chi connectivity index (χ0v) is 18.4. The van der Waals surface area contributed by atoms with Gasteiger partial charge >= 0.3 is 0 Å².